The van der Waals surface area contributed by atoms with Crippen LogP contribution in [0.3, 0.4) is 0 Å². The van der Waals surface area contributed by atoms with Gasteiger partial charge in [0.1, 0.15) is 6.20 Å². The van der Waals surface area contributed by atoms with Crippen LogP contribution in [0.5, 0.6) is 17.4 Å². The average molecular weight is 372 g/mol. The number of nitro groups is 1. The topological polar surface area (TPSA) is 127 Å². The maximum Gasteiger partial charge on any atom is 0.287 e. The van der Waals surface area contributed by atoms with Gasteiger partial charge in [0.2, 0.25) is 5.88 Å². The van der Waals surface area contributed by atoms with Crippen LogP contribution in [-0.2, 0) is 4.79 Å². The predicted molar refractivity (Wildman–Crippen MR) is 95.4 cm³/mol. The molecule has 1 aliphatic heterocycles. The molecule has 3 rings (SSSR count). The maximum atomic E-state index is 11.7. The van der Waals surface area contributed by atoms with Crippen LogP contribution in [0.2, 0.25) is 0 Å². The zero-order valence-corrected chi connectivity index (χ0v) is 14.2. The number of pyridine rings is 1. The lowest BCUT2D eigenvalue weighted by molar-refractivity contribution is -0.385. The van der Waals surface area contributed by atoms with Crippen molar-refractivity contribution in [1.82, 2.24) is 10.3 Å². The number of methoxy groups -OCH3 is 1. The van der Waals surface area contributed by atoms with Gasteiger partial charge in [-0.2, -0.15) is 0 Å². The highest BCUT2D eigenvalue weighted by Gasteiger charge is 2.22. The van der Waals surface area contributed by atoms with Crippen LogP contribution in [0.4, 0.5) is 5.69 Å². The second-order valence-electron chi connectivity index (χ2n) is 5.02. The molecule has 2 heterocycles. The number of aromatic nitrogens is 1. The number of ether oxygens (including phenoxy) is 2. The molecule has 132 valence electrons. The molecule has 1 aromatic carbocycles. The average Bonchev–Trinajstić information content (AvgIpc) is 2.93. The number of nitrogens with zero attached hydrogens (tertiary/aromatic N) is 2. The molecule has 1 fully saturated rings. The molecular weight excluding hydrogens is 360 g/mol. The van der Waals surface area contributed by atoms with Gasteiger partial charge in [0, 0.05) is 12.1 Å². The van der Waals surface area contributed by atoms with Crippen LogP contribution in [-0.4, -0.2) is 28.1 Å². The van der Waals surface area contributed by atoms with Crippen molar-refractivity contribution in [3.05, 3.63) is 57.1 Å². The summed E-state index contributed by atoms with van der Waals surface area (Å²) < 4.78 is 10.9. The monoisotopic (exact) mass is 372 g/mol. The van der Waals surface area contributed by atoms with Gasteiger partial charge in [-0.15, -0.1) is 0 Å². The molecule has 10 heteroatoms. The van der Waals surface area contributed by atoms with Crippen LogP contribution in [0.1, 0.15) is 5.56 Å². The lowest BCUT2D eigenvalue weighted by Gasteiger charge is -2.10. The van der Waals surface area contributed by atoms with Gasteiger partial charge in [0.25, 0.3) is 11.6 Å². The van der Waals surface area contributed by atoms with Crippen molar-refractivity contribution in [3.63, 3.8) is 0 Å². The molecule has 0 radical (unpaired) electrons. The molecule has 0 saturated carbocycles. The highest BCUT2D eigenvalue weighted by Crippen LogP contribution is 2.33. The van der Waals surface area contributed by atoms with Crippen LogP contribution in [0, 0.1) is 15.5 Å². The van der Waals surface area contributed by atoms with Gasteiger partial charge >= 0.3 is 0 Å². The van der Waals surface area contributed by atoms with E-state index in [0.717, 1.165) is 18.0 Å². The summed E-state index contributed by atoms with van der Waals surface area (Å²) in [6.45, 7) is 0. The number of thioether (sulfide) groups is 1. The standard InChI is InChI=1S/C16H12N4O5S/c1-24-12-6-9(7-13-15(21)19-16(17)26-13)2-4-11(12)25-14-5-3-10(8-18-14)20(22)23/h2-8H,1H3,(H2,17,19,21). The number of hydrogen-bond donors (Lipinski definition) is 2. The minimum Gasteiger partial charge on any atom is -0.493 e. The van der Waals surface area contributed by atoms with Crippen molar-refractivity contribution < 1.29 is 19.2 Å². The van der Waals surface area contributed by atoms with Gasteiger partial charge in [-0.05, 0) is 35.5 Å². The second kappa shape index (κ2) is 7.23. The zero-order chi connectivity index (χ0) is 18.7. The van der Waals surface area contributed by atoms with Crippen LogP contribution in [0.15, 0.2) is 41.4 Å². The van der Waals surface area contributed by atoms with E-state index < -0.39 is 4.92 Å². The molecule has 9 nitrogen and oxygen atoms in total. The Morgan fingerprint density at radius 1 is 1.31 bits per heavy atom. The van der Waals surface area contributed by atoms with Crippen molar-refractivity contribution in [2.24, 2.45) is 0 Å². The summed E-state index contributed by atoms with van der Waals surface area (Å²) in [5, 5.41) is 20.6. The van der Waals surface area contributed by atoms with E-state index in [4.69, 9.17) is 14.9 Å². The number of carbonyl (C=O) groups is 1. The molecule has 2 N–H and O–H groups in total. The van der Waals surface area contributed by atoms with E-state index in [0.29, 0.717) is 22.0 Å². The van der Waals surface area contributed by atoms with Crippen molar-refractivity contribution in [2.45, 2.75) is 0 Å². The lowest BCUT2D eigenvalue weighted by atomic mass is 10.2. The van der Waals surface area contributed by atoms with Gasteiger partial charge in [-0.3, -0.25) is 20.3 Å². The summed E-state index contributed by atoms with van der Waals surface area (Å²) in [5.41, 5.74) is 0.558. The third-order valence-corrected chi connectivity index (χ3v) is 4.12. The Bertz CT molecular complexity index is 927. The van der Waals surface area contributed by atoms with E-state index >= 15 is 0 Å². The predicted octanol–water partition coefficient (Wildman–Crippen LogP) is 2.93. The molecule has 0 aliphatic carbocycles. The normalized spacial score (nSPS) is 15.0. The number of amidine groups is 1. The maximum absolute atomic E-state index is 11.7. The summed E-state index contributed by atoms with van der Waals surface area (Å²) in [6.07, 6.45) is 2.74. The van der Waals surface area contributed by atoms with Gasteiger partial charge < -0.3 is 14.8 Å². The van der Waals surface area contributed by atoms with E-state index in [1.54, 1.807) is 24.3 Å². The van der Waals surface area contributed by atoms with Crippen LogP contribution >= 0.6 is 11.8 Å². The number of carbonyl (C=O) groups excluding carboxylic acids is 1. The summed E-state index contributed by atoms with van der Waals surface area (Å²) in [6, 6.07) is 7.70. The van der Waals surface area contributed by atoms with Crippen molar-refractivity contribution >= 4 is 34.6 Å². The fourth-order valence-corrected chi connectivity index (χ4v) is 2.81. The van der Waals surface area contributed by atoms with Gasteiger partial charge in [-0.25, -0.2) is 4.98 Å². The molecule has 1 aromatic heterocycles. The summed E-state index contributed by atoms with van der Waals surface area (Å²) >= 11 is 1.04. The quantitative estimate of drug-likeness (QED) is 0.469. The van der Waals surface area contributed by atoms with Gasteiger partial charge in [0.05, 0.1) is 16.9 Å². The number of benzene rings is 1. The Labute approximate surface area is 151 Å². The number of nitrogens with one attached hydrogen (secondary N) is 2. The molecule has 0 unspecified atom stereocenters. The van der Waals surface area contributed by atoms with Crippen LogP contribution in [0.25, 0.3) is 6.08 Å². The summed E-state index contributed by atoms with van der Waals surface area (Å²) in [5.74, 6) is 0.624. The van der Waals surface area contributed by atoms with E-state index in [-0.39, 0.29) is 22.6 Å². The Morgan fingerprint density at radius 3 is 2.69 bits per heavy atom. The zero-order valence-electron chi connectivity index (χ0n) is 13.4. The van der Waals surface area contributed by atoms with Gasteiger partial charge in [0.15, 0.2) is 16.7 Å². The Hall–Kier alpha value is -3.40. The van der Waals surface area contributed by atoms with Crippen molar-refractivity contribution in [3.8, 4) is 17.4 Å². The third-order valence-electron chi connectivity index (χ3n) is 3.29. The van der Waals surface area contributed by atoms with E-state index in [2.05, 4.69) is 10.3 Å². The molecule has 0 spiro atoms. The first kappa shape index (κ1) is 17.4. The van der Waals surface area contributed by atoms with Crippen LogP contribution < -0.4 is 14.8 Å². The Morgan fingerprint density at radius 2 is 2.12 bits per heavy atom. The Kier molecular flexibility index (Phi) is 4.85. The second-order valence-corrected chi connectivity index (χ2v) is 6.07. The summed E-state index contributed by atoms with van der Waals surface area (Å²) in [7, 11) is 1.47. The number of hydrogen-bond acceptors (Lipinski definition) is 8. The first-order valence-electron chi connectivity index (χ1n) is 7.22. The van der Waals surface area contributed by atoms with E-state index in [9.17, 15) is 14.9 Å². The largest absolute Gasteiger partial charge is 0.493 e. The molecule has 2 aromatic rings. The Balaban J connectivity index is 1.83. The smallest absolute Gasteiger partial charge is 0.287 e. The highest BCUT2D eigenvalue weighted by molar-refractivity contribution is 8.18. The van der Waals surface area contributed by atoms with Gasteiger partial charge in [-0.1, -0.05) is 6.07 Å². The lowest BCUT2D eigenvalue weighted by Crippen LogP contribution is -2.18. The highest BCUT2D eigenvalue weighted by atomic mass is 32.2. The number of amides is 1. The molecule has 1 aliphatic rings. The molecule has 0 atom stereocenters. The molecular formula is C16H12N4O5S. The molecule has 0 bridgehead atoms. The first-order valence-corrected chi connectivity index (χ1v) is 8.03. The first-order chi connectivity index (χ1) is 12.5. The molecule has 1 saturated heterocycles. The van der Waals surface area contributed by atoms with Crippen molar-refractivity contribution in [1.29, 1.82) is 5.41 Å². The molecule has 26 heavy (non-hydrogen) atoms. The fraction of sp³-hybridized carbons (Fsp3) is 0.0625. The molecule has 1 amide bonds. The minimum absolute atomic E-state index is 0.0809. The SMILES string of the molecule is COc1cc(C=C2SC(=N)NC2=O)ccc1Oc1ccc([N+](=O)[O-])cn1. The third kappa shape index (κ3) is 3.81. The van der Waals surface area contributed by atoms with E-state index in [1.807, 2.05) is 0 Å². The van der Waals surface area contributed by atoms with Crippen molar-refractivity contribution in [2.75, 3.05) is 7.11 Å². The summed E-state index contributed by atoms with van der Waals surface area (Å²) in [4.78, 5) is 26.1. The fourth-order valence-electron chi connectivity index (χ4n) is 2.10. The number of rotatable bonds is 5. The minimum atomic E-state index is -0.545. The van der Waals surface area contributed by atoms with E-state index in [1.165, 1.54) is 19.2 Å².